The minimum Gasteiger partial charge on any atom is -0.504 e. The lowest BCUT2D eigenvalue weighted by atomic mass is 10.2. The van der Waals surface area contributed by atoms with E-state index in [-0.39, 0.29) is 28.6 Å². The molecular weight excluding hydrogens is 342 g/mol. The average molecular weight is 361 g/mol. The van der Waals surface area contributed by atoms with Crippen molar-refractivity contribution in [3.05, 3.63) is 45.3 Å². The van der Waals surface area contributed by atoms with Crippen molar-refractivity contribution in [3.63, 3.8) is 0 Å². The molecule has 26 heavy (non-hydrogen) atoms. The predicted octanol–water partition coefficient (Wildman–Crippen LogP) is 1.83. The van der Waals surface area contributed by atoms with Gasteiger partial charge in [-0.2, -0.15) is 10.2 Å². The highest BCUT2D eigenvalue weighted by molar-refractivity contribution is 5.87. The number of rotatable bonds is 6. The van der Waals surface area contributed by atoms with Gasteiger partial charge in [-0.15, -0.1) is 0 Å². The first-order valence-corrected chi connectivity index (χ1v) is 7.66. The van der Waals surface area contributed by atoms with Crippen LogP contribution in [0.3, 0.4) is 0 Å². The third-order valence-corrected chi connectivity index (χ3v) is 3.84. The summed E-state index contributed by atoms with van der Waals surface area (Å²) in [6, 6.07) is 4.04. The van der Waals surface area contributed by atoms with Gasteiger partial charge < -0.3 is 9.84 Å². The molecule has 0 aliphatic carbocycles. The molecule has 0 bridgehead atoms. The molecule has 2 aromatic rings. The van der Waals surface area contributed by atoms with E-state index in [0.717, 1.165) is 0 Å². The maximum Gasteiger partial charge on any atom is 0.312 e. The van der Waals surface area contributed by atoms with Gasteiger partial charge in [-0.05, 0) is 32.9 Å². The summed E-state index contributed by atoms with van der Waals surface area (Å²) in [7, 11) is 1.42. The number of nitro groups is 1. The van der Waals surface area contributed by atoms with Crippen LogP contribution in [0.2, 0.25) is 0 Å². The first kappa shape index (κ1) is 18.9. The van der Waals surface area contributed by atoms with Crippen molar-refractivity contribution in [2.75, 3.05) is 7.11 Å². The molecule has 1 amide bonds. The molecule has 2 N–H and O–H groups in total. The number of hydrogen-bond acceptors (Lipinski definition) is 7. The number of aromatic nitrogens is 2. The fourth-order valence-electron chi connectivity index (χ4n) is 2.47. The number of nitrogens with zero attached hydrogens (tertiary/aromatic N) is 4. The monoisotopic (exact) mass is 361 g/mol. The highest BCUT2D eigenvalue weighted by atomic mass is 16.6. The number of hydrazone groups is 1. The number of benzene rings is 1. The summed E-state index contributed by atoms with van der Waals surface area (Å²) < 4.78 is 6.27. The Morgan fingerprint density at radius 2 is 2.19 bits per heavy atom. The minimum atomic E-state index is -0.807. The molecule has 0 saturated heterocycles. The predicted molar refractivity (Wildman–Crippen MR) is 93.5 cm³/mol. The maximum absolute atomic E-state index is 12.2. The molecule has 0 aliphatic heterocycles. The van der Waals surface area contributed by atoms with E-state index in [1.165, 1.54) is 31.9 Å². The van der Waals surface area contributed by atoms with Crippen LogP contribution < -0.4 is 10.2 Å². The van der Waals surface area contributed by atoms with Crippen LogP contribution in [0.15, 0.2) is 23.3 Å². The van der Waals surface area contributed by atoms with E-state index in [0.29, 0.717) is 5.56 Å². The number of aromatic hydroxyl groups is 1. The van der Waals surface area contributed by atoms with Gasteiger partial charge in [0.05, 0.1) is 18.2 Å². The molecule has 0 fully saturated rings. The van der Waals surface area contributed by atoms with Crippen LogP contribution in [0, 0.1) is 24.0 Å². The number of carbonyl (C=O) groups excluding carboxylic acids is 1. The van der Waals surface area contributed by atoms with Crippen LogP contribution in [0.25, 0.3) is 0 Å². The second-order valence-electron chi connectivity index (χ2n) is 5.53. The van der Waals surface area contributed by atoms with E-state index in [4.69, 9.17) is 4.74 Å². The largest absolute Gasteiger partial charge is 0.504 e. The highest BCUT2D eigenvalue weighted by Gasteiger charge is 2.26. The van der Waals surface area contributed by atoms with Crippen molar-refractivity contribution in [2.24, 2.45) is 5.10 Å². The third-order valence-electron chi connectivity index (χ3n) is 3.84. The summed E-state index contributed by atoms with van der Waals surface area (Å²) in [5, 5.41) is 28.9. The van der Waals surface area contributed by atoms with Gasteiger partial charge in [0.25, 0.3) is 5.91 Å². The van der Waals surface area contributed by atoms with E-state index >= 15 is 0 Å². The summed E-state index contributed by atoms with van der Waals surface area (Å²) in [6.45, 7) is 4.59. The minimum absolute atomic E-state index is 0.102. The maximum atomic E-state index is 12.2. The number of phenolic OH excluding ortho intramolecular Hbond substituents is 1. The van der Waals surface area contributed by atoms with E-state index in [1.807, 2.05) is 0 Å². The molecule has 0 spiro atoms. The topological polar surface area (TPSA) is 132 Å². The van der Waals surface area contributed by atoms with Crippen molar-refractivity contribution in [3.8, 4) is 11.5 Å². The number of amides is 1. The number of methoxy groups -OCH3 is 1. The van der Waals surface area contributed by atoms with Crippen LogP contribution in [0.5, 0.6) is 11.5 Å². The van der Waals surface area contributed by atoms with E-state index in [2.05, 4.69) is 15.6 Å². The lowest BCUT2D eigenvalue weighted by molar-refractivity contribution is -0.386. The van der Waals surface area contributed by atoms with E-state index in [1.54, 1.807) is 25.1 Å². The van der Waals surface area contributed by atoms with Crippen molar-refractivity contribution in [1.82, 2.24) is 15.2 Å². The smallest absolute Gasteiger partial charge is 0.312 e. The second kappa shape index (κ2) is 7.64. The van der Waals surface area contributed by atoms with Crippen LogP contribution >= 0.6 is 0 Å². The molecule has 2 rings (SSSR count). The van der Waals surface area contributed by atoms with Gasteiger partial charge in [0.1, 0.15) is 17.4 Å². The highest BCUT2D eigenvalue weighted by Crippen LogP contribution is 2.28. The summed E-state index contributed by atoms with van der Waals surface area (Å²) in [6.07, 6.45) is 1.27. The molecule has 1 aromatic carbocycles. The lowest BCUT2D eigenvalue weighted by Gasteiger charge is -2.11. The molecule has 0 saturated carbocycles. The molecule has 1 aromatic heterocycles. The molecule has 10 heteroatoms. The molecule has 0 unspecified atom stereocenters. The average Bonchev–Trinajstić information content (AvgIpc) is 2.90. The fraction of sp³-hybridized carbons (Fsp3) is 0.312. The van der Waals surface area contributed by atoms with Crippen molar-refractivity contribution in [1.29, 1.82) is 0 Å². The first-order chi connectivity index (χ1) is 12.3. The number of carbonyl (C=O) groups is 1. The standard InChI is InChI=1S/C16H19N5O5/c1-9-14(21(24)25)10(2)20(19-9)11(3)16(23)18-17-8-12-6-5-7-13(26-4)15(12)22/h5-8,11,22H,1-4H3,(H,18,23)/b17-8+/t11-/m1/s1. The SMILES string of the molecule is COc1cccc(/C=N/NC(=O)[C@@H](C)n2nc(C)c([N+](=O)[O-])c2C)c1O. The zero-order valence-electron chi connectivity index (χ0n) is 14.8. The molecule has 1 atom stereocenters. The number of hydrogen-bond donors (Lipinski definition) is 2. The summed E-state index contributed by atoms with van der Waals surface area (Å²) >= 11 is 0. The van der Waals surface area contributed by atoms with Gasteiger partial charge in [-0.1, -0.05) is 6.07 Å². The Morgan fingerprint density at radius 1 is 1.50 bits per heavy atom. The number of para-hydroxylation sites is 1. The molecular formula is C16H19N5O5. The zero-order valence-corrected chi connectivity index (χ0v) is 14.8. The third kappa shape index (κ3) is 3.63. The Balaban J connectivity index is 2.13. The van der Waals surface area contributed by atoms with Gasteiger partial charge >= 0.3 is 5.69 Å². The van der Waals surface area contributed by atoms with Crippen molar-refractivity contribution < 1.29 is 19.6 Å². The molecule has 1 heterocycles. The van der Waals surface area contributed by atoms with E-state index < -0.39 is 16.9 Å². The van der Waals surface area contributed by atoms with Gasteiger partial charge in [0, 0.05) is 5.56 Å². The molecule has 0 radical (unpaired) electrons. The number of nitrogens with one attached hydrogen (secondary N) is 1. The lowest BCUT2D eigenvalue weighted by Crippen LogP contribution is -2.28. The molecule has 138 valence electrons. The van der Waals surface area contributed by atoms with Crippen LogP contribution in [-0.4, -0.2) is 39.0 Å². The Bertz CT molecular complexity index is 874. The van der Waals surface area contributed by atoms with Crippen molar-refractivity contribution in [2.45, 2.75) is 26.8 Å². The second-order valence-corrected chi connectivity index (χ2v) is 5.53. The Kier molecular flexibility index (Phi) is 5.55. The summed E-state index contributed by atoms with van der Waals surface area (Å²) in [4.78, 5) is 22.8. The van der Waals surface area contributed by atoms with Gasteiger partial charge in [0.2, 0.25) is 0 Å². The Hall–Kier alpha value is -3.43. The Morgan fingerprint density at radius 3 is 2.77 bits per heavy atom. The molecule has 0 aliphatic rings. The molecule has 10 nitrogen and oxygen atoms in total. The first-order valence-electron chi connectivity index (χ1n) is 7.66. The van der Waals surface area contributed by atoms with Crippen molar-refractivity contribution >= 4 is 17.8 Å². The summed E-state index contributed by atoms with van der Waals surface area (Å²) in [5.41, 5.74) is 3.09. The number of ether oxygens (including phenoxy) is 1. The normalized spacial score (nSPS) is 12.2. The van der Waals surface area contributed by atoms with Crippen LogP contribution in [0.1, 0.15) is 29.9 Å². The van der Waals surface area contributed by atoms with Gasteiger partial charge in [-0.25, -0.2) is 5.43 Å². The number of aryl methyl sites for hydroxylation is 1. The summed E-state index contributed by atoms with van der Waals surface area (Å²) in [5.74, 6) is -0.331. The van der Waals surface area contributed by atoms with Crippen LogP contribution in [-0.2, 0) is 4.79 Å². The quantitative estimate of drug-likeness (QED) is 0.458. The fourth-order valence-corrected chi connectivity index (χ4v) is 2.47. The zero-order chi connectivity index (χ0) is 19.4. The Labute approximate surface area is 149 Å². The van der Waals surface area contributed by atoms with Gasteiger partial charge in [0.15, 0.2) is 11.5 Å². The van der Waals surface area contributed by atoms with Crippen LogP contribution in [0.4, 0.5) is 5.69 Å². The number of phenols is 1. The van der Waals surface area contributed by atoms with E-state index in [9.17, 15) is 20.0 Å². The van der Waals surface area contributed by atoms with Gasteiger partial charge in [-0.3, -0.25) is 19.6 Å².